The molecule has 0 amide bonds. The van der Waals surface area contributed by atoms with Crippen molar-refractivity contribution in [3.8, 4) is 0 Å². The molecule has 0 spiro atoms. The molecule has 0 atom stereocenters. The fourth-order valence-corrected chi connectivity index (χ4v) is 3.17. The second kappa shape index (κ2) is 3.34. The Bertz CT molecular complexity index is 330. The van der Waals surface area contributed by atoms with E-state index in [2.05, 4.69) is 36.1 Å². The van der Waals surface area contributed by atoms with Gasteiger partial charge in [-0.2, -0.15) is 0 Å². The van der Waals surface area contributed by atoms with Crippen LogP contribution in [0.25, 0.3) is 0 Å². The van der Waals surface area contributed by atoms with Crippen LogP contribution < -0.4 is 0 Å². The summed E-state index contributed by atoms with van der Waals surface area (Å²) in [6.07, 6.45) is 4.11. The van der Waals surface area contributed by atoms with Gasteiger partial charge >= 0.3 is 0 Å². The normalized spacial score (nSPS) is 34.3. The fraction of sp³-hybridized carbons (Fsp3) is 0.571. The summed E-state index contributed by atoms with van der Waals surface area (Å²) in [6.45, 7) is 6.11. The first-order chi connectivity index (χ1) is 7.28. The molecule has 3 heterocycles. The van der Waals surface area contributed by atoms with E-state index in [9.17, 15) is 0 Å². The van der Waals surface area contributed by atoms with Crippen LogP contribution in [0.15, 0.2) is 24.3 Å². The van der Waals surface area contributed by atoms with E-state index in [1.54, 1.807) is 5.56 Å². The first-order valence-electron chi connectivity index (χ1n) is 6.08. The Labute approximate surface area is 92.1 Å². The third-order valence-corrected chi connectivity index (χ3v) is 4.38. The molecule has 0 aliphatic carbocycles. The molecule has 1 aromatic rings. The Morgan fingerprint density at radius 2 is 1.47 bits per heavy atom. The molecule has 2 bridgehead atoms. The minimum Gasteiger partial charge on any atom is -0.303 e. The van der Waals surface area contributed by atoms with Crippen LogP contribution in [-0.4, -0.2) is 24.5 Å². The van der Waals surface area contributed by atoms with E-state index in [0.29, 0.717) is 5.41 Å². The van der Waals surface area contributed by atoms with Gasteiger partial charge in [-0.25, -0.2) is 0 Å². The zero-order chi connectivity index (χ0) is 10.3. The van der Waals surface area contributed by atoms with Crippen molar-refractivity contribution in [2.24, 2.45) is 0 Å². The van der Waals surface area contributed by atoms with E-state index in [-0.39, 0.29) is 0 Å². The topological polar surface area (TPSA) is 3.24 Å². The summed E-state index contributed by atoms with van der Waals surface area (Å²) in [5.41, 5.74) is 3.50. The molecule has 1 aromatic carbocycles. The maximum Gasteiger partial charge on any atom is -0.00102 e. The second-order valence-corrected chi connectivity index (χ2v) is 5.24. The van der Waals surface area contributed by atoms with E-state index < -0.39 is 0 Å². The zero-order valence-electron chi connectivity index (χ0n) is 9.50. The summed E-state index contributed by atoms with van der Waals surface area (Å²) in [6, 6.07) is 9.25. The van der Waals surface area contributed by atoms with Crippen molar-refractivity contribution in [2.45, 2.75) is 31.6 Å². The molecule has 1 nitrogen and oxygen atoms in total. The van der Waals surface area contributed by atoms with E-state index >= 15 is 0 Å². The van der Waals surface area contributed by atoms with Crippen molar-refractivity contribution < 1.29 is 0 Å². The number of benzene rings is 1. The average Bonchev–Trinajstić information content (AvgIpc) is 2.32. The molecule has 0 N–H and O–H groups in total. The number of rotatable bonds is 1. The van der Waals surface area contributed by atoms with Gasteiger partial charge in [-0.15, -0.1) is 0 Å². The van der Waals surface area contributed by atoms with Crippen molar-refractivity contribution in [3.05, 3.63) is 35.4 Å². The van der Waals surface area contributed by atoms with Crippen LogP contribution in [0, 0.1) is 6.92 Å². The van der Waals surface area contributed by atoms with Gasteiger partial charge in [-0.05, 0) is 56.8 Å². The van der Waals surface area contributed by atoms with Crippen molar-refractivity contribution in [1.82, 2.24) is 4.90 Å². The second-order valence-electron chi connectivity index (χ2n) is 5.24. The van der Waals surface area contributed by atoms with Crippen molar-refractivity contribution in [2.75, 3.05) is 19.6 Å². The number of hydrogen-bond donors (Lipinski definition) is 0. The van der Waals surface area contributed by atoms with Crippen molar-refractivity contribution in [1.29, 1.82) is 0 Å². The number of hydrogen-bond acceptors (Lipinski definition) is 1. The van der Waals surface area contributed by atoms with Gasteiger partial charge in [0.2, 0.25) is 0 Å². The molecule has 0 aromatic heterocycles. The zero-order valence-corrected chi connectivity index (χ0v) is 9.50. The van der Waals surface area contributed by atoms with E-state index in [1.807, 2.05) is 0 Å². The lowest BCUT2D eigenvalue weighted by molar-refractivity contribution is 0.0818. The summed E-state index contributed by atoms with van der Waals surface area (Å²) in [5.74, 6) is 0. The molecule has 1 heteroatoms. The molecule has 15 heavy (non-hydrogen) atoms. The van der Waals surface area contributed by atoms with E-state index in [4.69, 9.17) is 0 Å². The SMILES string of the molecule is Cc1ccc(C23CCN(CC2)CC3)cc1. The number of aryl methyl sites for hydroxylation is 1. The third-order valence-electron chi connectivity index (χ3n) is 4.38. The van der Waals surface area contributed by atoms with Crippen LogP contribution in [0.4, 0.5) is 0 Å². The summed E-state index contributed by atoms with van der Waals surface area (Å²) < 4.78 is 0. The highest BCUT2D eigenvalue weighted by Crippen LogP contribution is 2.42. The standard InChI is InChI=1S/C14H19N/c1-12-2-4-13(5-3-12)14-6-9-15(10-7-14)11-8-14/h2-5H,6-11H2,1H3. The Morgan fingerprint density at radius 1 is 0.933 bits per heavy atom. The van der Waals surface area contributed by atoms with Gasteiger partial charge in [0.1, 0.15) is 0 Å². The first-order valence-corrected chi connectivity index (χ1v) is 6.08. The van der Waals surface area contributed by atoms with E-state index in [1.165, 1.54) is 44.5 Å². The summed E-state index contributed by atoms with van der Waals surface area (Å²) in [7, 11) is 0. The van der Waals surface area contributed by atoms with Gasteiger partial charge in [0.15, 0.2) is 0 Å². The molecule has 0 unspecified atom stereocenters. The lowest BCUT2D eigenvalue weighted by Crippen LogP contribution is -2.50. The Morgan fingerprint density at radius 3 is 2.00 bits per heavy atom. The van der Waals surface area contributed by atoms with Crippen LogP contribution in [0.5, 0.6) is 0 Å². The predicted octanol–water partition coefficient (Wildman–Crippen LogP) is 2.73. The van der Waals surface area contributed by atoms with E-state index in [0.717, 1.165) is 0 Å². The number of piperidine rings is 3. The third kappa shape index (κ3) is 1.50. The van der Waals surface area contributed by atoms with Crippen molar-refractivity contribution in [3.63, 3.8) is 0 Å². The Kier molecular flexibility index (Phi) is 2.10. The first kappa shape index (κ1) is 9.41. The summed E-state index contributed by atoms with van der Waals surface area (Å²) in [5, 5.41) is 0. The lowest BCUT2D eigenvalue weighted by Gasteiger charge is -2.48. The predicted molar refractivity (Wildman–Crippen MR) is 63.1 cm³/mol. The molecular weight excluding hydrogens is 182 g/mol. The van der Waals surface area contributed by atoms with Crippen LogP contribution in [-0.2, 0) is 5.41 Å². The average molecular weight is 201 g/mol. The molecule has 3 saturated heterocycles. The van der Waals surface area contributed by atoms with Gasteiger partial charge in [0, 0.05) is 0 Å². The van der Waals surface area contributed by atoms with Gasteiger partial charge in [0.05, 0.1) is 0 Å². The maximum absolute atomic E-state index is 2.61. The van der Waals surface area contributed by atoms with Crippen LogP contribution in [0.2, 0.25) is 0 Å². The molecule has 3 aliphatic rings. The monoisotopic (exact) mass is 201 g/mol. The molecule has 0 saturated carbocycles. The summed E-state index contributed by atoms with van der Waals surface area (Å²) >= 11 is 0. The van der Waals surface area contributed by atoms with Gasteiger partial charge < -0.3 is 4.90 Å². The van der Waals surface area contributed by atoms with Crippen LogP contribution >= 0.6 is 0 Å². The van der Waals surface area contributed by atoms with Crippen LogP contribution in [0.1, 0.15) is 30.4 Å². The molecule has 3 fully saturated rings. The highest BCUT2D eigenvalue weighted by molar-refractivity contribution is 5.30. The summed E-state index contributed by atoms with van der Waals surface area (Å²) in [4.78, 5) is 2.61. The molecule has 4 rings (SSSR count). The Hall–Kier alpha value is -0.820. The molecule has 0 radical (unpaired) electrons. The van der Waals surface area contributed by atoms with Crippen molar-refractivity contribution >= 4 is 0 Å². The molecular formula is C14H19N. The quantitative estimate of drug-likeness (QED) is 0.675. The molecule has 80 valence electrons. The minimum absolute atomic E-state index is 0.530. The smallest absolute Gasteiger partial charge is 0.00102 e. The highest BCUT2D eigenvalue weighted by atomic mass is 15.1. The maximum atomic E-state index is 2.61. The lowest BCUT2D eigenvalue weighted by atomic mass is 9.67. The Balaban J connectivity index is 1.94. The number of nitrogens with zero attached hydrogens (tertiary/aromatic N) is 1. The minimum atomic E-state index is 0.530. The highest BCUT2D eigenvalue weighted by Gasteiger charge is 2.40. The number of fused-ring (bicyclic) bond motifs is 3. The fourth-order valence-electron chi connectivity index (χ4n) is 3.17. The van der Waals surface area contributed by atoms with Gasteiger partial charge in [-0.1, -0.05) is 29.8 Å². The van der Waals surface area contributed by atoms with Gasteiger partial charge in [0.25, 0.3) is 0 Å². The largest absolute Gasteiger partial charge is 0.303 e. The van der Waals surface area contributed by atoms with Crippen LogP contribution in [0.3, 0.4) is 0 Å². The molecule has 3 aliphatic heterocycles. The van der Waals surface area contributed by atoms with Gasteiger partial charge in [-0.3, -0.25) is 0 Å².